The number of fused-ring (bicyclic) bond motifs is 1. The van der Waals surface area contributed by atoms with Crippen LogP contribution in [0.15, 0.2) is 47.5 Å². The fourth-order valence-electron chi connectivity index (χ4n) is 6.03. The molecular weight excluding hydrogens is 624 g/mol. The average molecular weight is 672 g/mol. The molecule has 240 valence electrons. The van der Waals surface area contributed by atoms with Gasteiger partial charge in [-0.25, -0.2) is 14.8 Å². The van der Waals surface area contributed by atoms with E-state index >= 15 is 0 Å². The lowest BCUT2D eigenvalue weighted by Crippen LogP contribution is -2.47. The summed E-state index contributed by atoms with van der Waals surface area (Å²) in [5.41, 5.74) is 2.00. The molecule has 5 rings (SSSR count). The number of ether oxygens (including phenoxy) is 1. The number of carbonyl (C=O) groups is 1. The Kier molecular flexibility index (Phi) is 10.8. The zero-order valence-electron chi connectivity index (χ0n) is 26.3. The van der Waals surface area contributed by atoms with Crippen molar-refractivity contribution in [1.29, 1.82) is 0 Å². The summed E-state index contributed by atoms with van der Waals surface area (Å²) >= 11 is 3.54. The van der Waals surface area contributed by atoms with E-state index in [9.17, 15) is 9.90 Å². The Hall–Kier alpha value is -2.77. The Labute approximate surface area is 269 Å². The van der Waals surface area contributed by atoms with Crippen LogP contribution in [0, 0.1) is 0 Å². The molecule has 44 heavy (non-hydrogen) atoms. The van der Waals surface area contributed by atoms with E-state index < -0.39 is 5.60 Å². The Morgan fingerprint density at radius 2 is 1.86 bits per heavy atom. The number of hydrogen-bond donors (Lipinski definition) is 3. The van der Waals surface area contributed by atoms with Crippen molar-refractivity contribution >= 4 is 39.1 Å². The highest BCUT2D eigenvalue weighted by atomic mass is 79.9. The predicted molar refractivity (Wildman–Crippen MR) is 178 cm³/mol. The largest absolute Gasteiger partial charge is 0.387 e. The van der Waals surface area contributed by atoms with Crippen molar-refractivity contribution in [3.63, 3.8) is 0 Å². The maximum absolute atomic E-state index is 12.6. The first-order valence-electron chi connectivity index (χ1n) is 15.7. The third-order valence-corrected chi connectivity index (χ3v) is 9.10. The molecule has 4 heterocycles. The zero-order valence-corrected chi connectivity index (χ0v) is 27.9. The summed E-state index contributed by atoms with van der Waals surface area (Å²) in [6.45, 7) is 15.1. The molecule has 0 saturated carbocycles. The van der Waals surface area contributed by atoms with Gasteiger partial charge in [0, 0.05) is 57.3 Å². The molecule has 0 aliphatic carbocycles. The topological polar surface area (TPSA) is 110 Å². The number of amides is 2. The molecule has 2 saturated heterocycles. The second-order valence-corrected chi connectivity index (χ2v) is 13.9. The minimum Gasteiger partial charge on any atom is -0.387 e. The van der Waals surface area contributed by atoms with Crippen molar-refractivity contribution in [2.45, 2.75) is 51.0 Å². The number of urea groups is 1. The lowest BCUT2D eigenvalue weighted by Gasteiger charge is -2.33. The Morgan fingerprint density at radius 3 is 2.61 bits per heavy atom. The molecule has 0 radical (unpaired) electrons. The van der Waals surface area contributed by atoms with E-state index in [1.807, 2.05) is 22.7 Å². The number of aromatic nitrogens is 3. The summed E-state index contributed by atoms with van der Waals surface area (Å²) in [4.78, 5) is 28.6. The number of β-amino-alcohol motifs (C(OH)–C–C–N with tert-alkyl or cyclic N) is 1. The van der Waals surface area contributed by atoms with Crippen LogP contribution in [-0.4, -0.2) is 113 Å². The number of anilines is 2. The van der Waals surface area contributed by atoms with Crippen LogP contribution in [0.4, 0.5) is 16.3 Å². The minimum absolute atomic E-state index is 0.0704. The molecular formula is C32H47BrN8O3. The summed E-state index contributed by atoms with van der Waals surface area (Å²) < 4.78 is 8.33. The molecule has 0 bridgehead atoms. The van der Waals surface area contributed by atoms with E-state index in [0.29, 0.717) is 32.6 Å². The van der Waals surface area contributed by atoms with Gasteiger partial charge < -0.3 is 30.3 Å². The highest BCUT2D eigenvalue weighted by molar-refractivity contribution is 9.10. The van der Waals surface area contributed by atoms with Gasteiger partial charge in [0.25, 0.3) is 0 Å². The van der Waals surface area contributed by atoms with Gasteiger partial charge in [0.2, 0.25) is 0 Å². The summed E-state index contributed by atoms with van der Waals surface area (Å²) in [6, 6.07) is 7.81. The maximum atomic E-state index is 12.6. The predicted octanol–water partition coefficient (Wildman–Crippen LogP) is 3.97. The fraction of sp³-hybridized carbons (Fsp3) is 0.594. The molecule has 2 amide bonds. The van der Waals surface area contributed by atoms with E-state index in [-0.39, 0.29) is 11.4 Å². The van der Waals surface area contributed by atoms with Crippen LogP contribution in [0.2, 0.25) is 0 Å². The van der Waals surface area contributed by atoms with E-state index in [1.165, 1.54) is 5.56 Å². The van der Waals surface area contributed by atoms with Gasteiger partial charge in [0.05, 0.1) is 25.0 Å². The molecule has 1 aromatic carbocycles. The number of nitrogens with zero attached hydrogens (tertiary/aromatic N) is 6. The SMILES string of the molecule is CC(C)(C)c1ccc(NC(=O)NCCCN(CCCN2CCOCC2)CC2(O)CCN(c3nccn4c(Br)cnc34)C2)cc1. The Morgan fingerprint density at radius 1 is 1.11 bits per heavy atom. The smallest absolute Gasteiger partial charge is 0.319 e. The van der Waals surface area contributed by atoms with Crippen molar-refractivity contribution < 1.29 is 14.6 Å². The lowest BCUT2D eigenvalue weighted by atomic mass is 9.87. The number of hydrogen-bond acceptors (Lipinski definition) is 8. The van der Waals surface area contributed by atoms with Crippen molar-refractivity contribution in [3.05, 3.63) is 53.0 Å². The lowest BCUT2D eigenvalue weighted by molar-refractivity contribution is 0.0168. The highest BCUT2D eigenvalue weighted by Crippen LogP contribution is 2.30. The van der Waals surface area contributed by atoms with Gasteiger partial charge in [0.15, 0.2) is 11.5 Å². The molecule has 0 spiro atoms. The Bertz CT molecular complexity index is 1370. The van der Waals surface area contributed by atoms with Gasteiger partial charge in [-0.3, -0.25) is 9.30 Å². The second-order valence-electron chi connectivity index (χ2n) is 13.1. The summed E-state index contributed by atoms with van der Waals surface area (Å²) in [6.07, 6.45) is 7.89. The number of imidazole rings is 1. The van der Waals surface area contributed by atoms with E-state index in [1.54, 1.807) is 12.4 Å². The number of nitrogens with one attached hydrogen (secondary N) is 2. The first-order chi connectivity index (χ1) is 21.1. The number of aliphatic hydroxyl groups is 1. The van der Waals surface area contributed by atoms with Crippen LogP contribution < -0.4 is 15.5 Å². The van der Waals surface area contributed by atoms with Crippen LogP contribution in [0.5, 0.6) is 0 Å². The molecule has 3 N–H and O–H groups in total. The molecule has 2 aromatic heterocycles. The van der Waals surface area contributed by atoms with Gasteiger partial charge in [-0.15, -0.1) is 0 Å². The molecule has 3 aromatic rings. The van der Waals surface area contributed by atoms with Crippen LogP contribution in [-0.2, 0) is 10.2 Å². The summed E-state index contributed by atoms with van der Waals surface area (Å²) in [5, 5.41) is 17.7. The van der Waals surface area contributed by atoms with E-state index in [4.69, 9.17) is 4.74 Å². The van der Waals surface area contributed by atoms with Crippen molar-refractivity contribution in [1.82, 2.24) is 29.5 Å². The van der Waals surface area contributed by atoms with Gasteiger partial charge in [-0.05, 0) is 77.9 Å². The molecule has 11 nitrogen and oxygen atoms in total. The number of rotatable bonds is 12. The third-order valence-electron chi connectivity index (χ3n) is 8.51. The first kappa shape index (κ1) is 32.6. The number of benzene rings is 1. The number of morpholine rings is 1. The first-order valence-corrected chi connectivity index (χ1v) is 16.5. The van der Waals surface area contributed by atoms with Gasteiger partial charge in [0.1, 0.15) is 4.60 Å². The molecule has 2 aliphatic rings. The molecule has 1 unspecified atom stereocenters. The Balaban J connectivity index is 1.14. The summed E-state index contributed by atoms with van der Waals surface area (Å²) in [7, 11) is 0. The van der Waals surface area contributed by atoms with Crippen LogP contribution in [0.25, 0.3) is 5.65 Å². The van der Waals surface area contributed by atoms with Gasteiger partial charge >= 0.3 is 6.03 Å². The quantitative estimate of drug-likeness (QED) is 0.249. The highest BCUT2D eigenvalue weighted by Gasteiger charge is 2.39. The minimum atomic E-state index is -0.860. The van der Waals surface area contributed by atoms with Crippen LogP contribution in [0.1, 0.15) is 45.6 Å². The normalized spacial score (nSPS) is 19.6. The zero-order chi connectivity index (χ0) is 31.2. The van der Waals surface area contributed by atoms with Crippen LogP contribution in [0.3, 0.4) is 0 Å². The van der Waals surface area contributed by atoms with Crippen molar-refractivity contribution in [2.24, 2.45) is 0 Å². The molecule has 2 aliphatic heterocycles. The van der Waals surface area contributed by atoms with Gasteiger partial charge in [-0.2, -0.15) is 0 Å². The molecule has 1 atom stereocenters. The van der Waals surface area contributed by atoms with Crippen LogP contribution >= 0.6 is 15.9 Å². The van der Waals surface area contributed by atoms with E-state index in [2.05, 4.69) is 84.1 Å². The number of carbonyl (C=O) groups excluding carboxylic acids is 1. The maximum Gasteiger partial charge on any atom is 0.319 e. The standard InChI is InChI=1S/C32H47BrN8O3/c1-31(2,3)25-6-8-26(9-7-25)37-30(42)35-11-4-13-39(15-5-14-38-18-20-44-21-19-38)23-32(43)10-16-40(24-32)28-29-36-22-27(33)41(29)17-12-34-28/h6-9,12,17,22,43H,4-5,10-11,13-16,18-21,23-24H2,1-3H3,(H2,35,37,42). The molecule has 12 heteroatoms. The van der Waals surface area contributed by atoms with Crippen molar-refractivity contribution in [3.8, 4) is 0 Å². The fourth-order valence-corrected chi connectivity index (χ4v) is 6.42. The van der Waals surface area contributed by atoms with Gasteiger partial charge in [-0.1, -0.05) is 32.9 Å². The monoisotopic (exact) mass is 670 g/mol. The van der Waals surface area contributed by atoms with E-state index in [0.717, 1.165) is 80.5 Å². The average Bonchev–Trinajstić information content (AvgIpc) is 3.58. The third kappa shape index (κ3) is 8.69. The second kappa shape index (κ2) is 14.6. The molecule has 2 fully saturated rings. The summed E-state index contributed by atoms with van der Waals surface area (Å²) in [5.74, 6) is 0.788. The van der Waals surface area contributed by atoms with Crippen molar-refractivity contribution in [2.75, 3.05) is 82.3 Å². The number of halogens is 1.